The molecule has 1 unspecified atom stereocenters. The highest BCUT2D eigenvalue weighted by atomic mass is 16.5. The molecule has 1 atom stereocenters. The van der Waals surface area contributed by atoms with Crippen molar-refractivity contribution in [1.29, 1.82) is 0 Å². The van der Waals surface area contributed by atoms with Crippen LogP contribution in [0.15, 0.2) is 24.3 Å². The molecule has 1 N–H and O–H groups in total. The number of amides is 1. The minimum atomic E-state index is 0.138. The molecule has 1 aliphatic rings. The summed E-state index contributed by atoms with van der Waals surface area (Å²) in [6.07, 6.45) is 2.62. The van der Waals surface area contributed by atoms with Gasteiger partial charge >= 0.3 is 0 Å². The molecule has 1 fully saturated rings. The van der Waals surface area contributed by atoms with Crippen molar-refractivity contribution in [3.05, 3.63) is 29.8 Å². The van der Waals surface area contributed by atoms with Crippen molar-refractivity contribution in [3.63, 3.8) is 0 Å². The van der Waals surface area contributed by atoms with Crippen LogP contribution in [-0.2, 0) is 16.1 Å². The normalized spacial score (nSPS) is 19.4. The first-order valence-electron chi connectivity index (χ1n) is 6.28. The van der Waals surface area contributed by atoms with Crippen LogP contribution in [0.5, 0.6) is 5.75 Å². The highest BCUT2D eigenvalue weighted by molar-refractivity contribution is 5.76. The van der Waals surface area contributed by atoms with Gasteiger partial charge in [0, 0.05) is 6.42 Å². The van der Waals surface area contributed by atoms with Crippen molar-refractivity contribution in [2.45, 2.75) is 31.9 Å². The number of ether oxygens (including phenoxy) is 2. The summed E-state index contributed by atoms with van der Waals surface area (Å²) >= 11 is 0. The summed E-state index contributed by atoms with van der Waals surface area (Å²) in [4.78, 5) is 11.2. The molecule has 1 aromatic rings. The zero-order valence-corrected chi connectivity index (χ0v) is 10.6. The van der Waals surface area contributed by atoms with Crippen molar-refractivity contribution in [2.24, 2.45) is 0 Å². The van der Waals surface area contributed by atoms with Crippen molar-refractivity contribution >= 4 is 5.91 Å². The van der Waals surface area contributed by atoms with E-state index in [1.807, 2.05) is 24.3 Å². The van der Waals surface area contributed by atoms with E-state index < -0.39 is 0 Å². The van der Waals surface area contributed by atoms with E-state index in [0.29, 0.717) is 19.6 Å². The number of hydrogen-bond acceptors (Lipinski definition) is 3. The molecule has 4 nitrogen and oxygen atoms in total. The van der Waals surface area contributed by atoms with E-state index in [1.54, 1.807) is 7.11 Å². The summed E-state index contributed by atoms with van der Waals surface area (Å²) in [5.74, 6) is 0.984. The number of carbonyl (C=O) groups excluding carboxylic acids is 1. The molecule has 4 heteroatoms. The van der Waals surface area contributed by atoms with Crippen LogP contribution in [0.4, 0.5) is 0 Å². The van der Waals surface area contributed by atoms with Gasteiger partial charge in [-0.05, 0) is 30.5 Å². The van der Waals surface area contributed by atoms with Gasteiger partial charge in [0.25, 0.3) is 0 Å². The number of piperidine rings is 1. The SMILES string of the molecule is COc1ccc(COCC2CCCC(=O)N2)cc1. The van der Waals surface area contributed by atoms with E-state index in [0.717, 1.165) is 24.2 Å². The second-order valence-electron chi connectivity index (χ2n) is 4.52. The highest BCUT2D eigenvalue weighted by Crippen LogP contribution is 2.13. The van der Waals surface area contributed by atoms with E-state index in [1.165, 1.54) is 0 Å². The number of carbonyl (C=O) groups is 1. The Morgan fingerprint density at radius 3 is 2.78 bits per heavy atom. The molecular formula is C14H19NO3. The first kappa shape index (κ1) is 12.9. The number of nitrogens with one attached hydrogen (secondary N) is 1. The molecule has 0 spiro atoms. The summed E-state index contributed by atoms with van der Waals surface area (Å²) in [7, 11) is 1.65. The molecule has 1 amide bonds. The van der Waals surface area contributed by atoms with Crippen LogP contribution in [0.25, 0.3) is 0 Å². The lowest BCUT2D eigenvalue weighted by Gasteiger charge is -2.22. The first-order chi connectivity index (χ1) is 8.78. The van der Waals surface area contributed by atoms with Crippen molar-refractivity contribution in [2.75, 3.05) is 13.7 Å². The Bertz CT molecular complexity index is 389. The van der Waals surface area contributed by atoms with Crippen LogP contribution in [0.1, 0.15) is 24.8 Å². The predicted molar refractivity (Wildman–Crippen MR) is 68.4 cm³/mol. The number of benzene rings is 1. The molecule has 2 rings (SSSR count). The molecule has 0 aliphatic carbocycles. The zero-order chi connectivity index (χ0) is 12.8. The van der Waals surface area contributed by atoms with Crippen LogP contribution in [0.3, 0.4) is 0 Å². The van der Waals surface area contributed by atoms with Gasteiger partial charge in [-0.15, -0.1) is 0 Å². The molecule has 0 bridgehead atoms. The molecular weight excluding hydrogens is 230 g/mol. The Morgan fingerprint density at radius 2 is 2.11 bits per heavy atom. The van der Waals surface area contributed by atoms with Gasteiger partial charge in [-0.25, -0.2) is 0 Å². The maximum atomic E-state index is 11.2. The van der Waals surface area contributed by atoms with Crippen LogP contribution in [0, 0.1) is 0 Å². The number of hydrogen-bond donors (Lipinski definition) is 1. The third-order valence-electron chi connectivity index (χ3n) is 3.07. The second-order valence-corrected chi connectivity index (χ2v) is 4.52. The quantitative estimate of drug-likeness (QED) is 0.866. The monoisotopic (exact) mass is 249 g/mol. The van der Waals surface area contributed by atoms with Gasteiger partial charge in [0.1, 0.15) is 5.75 Å². The number of methoxy groups -OCH3 is 1. The predicted octanol–water partition coefficient (Wildman–Crippen LogP) is 1.88. The van der Waals surface area contributed by atoms with Crippen LogP contribution >= 0.6 is 0 Å². The lowest BCUT2D eigenvalue weighted by Crippen LogP contribution is -2.41. The summed E-state index contributed by atoms with van der Waals surface area (Å²) in [5.41, 5.74) is 1.11. The molecule has 1 aromatic carbocycles. The molecule has 0 aromatic heterocycles. The van der Waals surface area contributed by atoms with E-state index in [2.05, 4.69) is 5.32 Å². The fraction of sp³-hybridized carbons (Fsp3) is 0.500. The average molecular weight is 249 g/mol. The largest absolute Gasteiger partial charge is 0.497 e. The first-order valence-corrected chi connectivity index (χ1v) is 6.28. The van der Waals surface area contributed by atoms with Gasteiger partial charge < -0.3 is 14.8 Å². The second kappa shape index (κ2) is 6.40. The number of rotatable bonds is 5. The summed E-state index contributed by atoms with van der Waals surface area (Å²) in [5, 5.41) is 2.94. The maximum absolute atomic E-state index is 11.2. The average Bonchev–Trinajstić information content (AvgIpc) is 2.40. The summed E-state index contributed by atoms with van der Waals surface area (Å²) in [6, 6.07) is 7.98. The van der Waals surface area contributed by atoms with Gasteiger partial charge in [-0.1, -0.05) is 12.1 Å². The van der Waals surface area contributed by atoms with Gasteiger partial charge in [0.15, 0.2) is 0 Å². The van der Waals surface area contributed by atoms with Crippen molar-refractivity contribution in [1.82, 2.24) is 5.32 Å². The third kappa shape index (κ3) is 3.74. The zero-order valence-electron chi connectivity index (χ0n) is 10.6. The fourth-order valence-electron chi connectivity index (χ4n) is 2.05. The van der Waals surface area contributed by atoms with E-state index in [9.17, 15) is 4.79 Å². The van der Waals surface area contributed by atoms with E-state index in [4.69, 9.17) is 9.47 Å². The fourth-order valence-corrected chi connectivity index (χ4v) is 2.05. The minimum absolute atomic E-state index is 0.138. The lowest BCUT2D eigenvalue weighted by molar-refractivity contribution is -0.124. The smallest absolute Gasteiger partial charge is 0.220 e. The van der Waals surface area contributed by atoms with Crippen LogP contribution in [-0.4, -0.2) is 25.7 Å². The highest BCUT2D eigenvalue weighted by Gasteiger charge is 2.17. The van der Waals surface area contributed by atoms with Crippen molar-refractivity contribution < 1.29 is 14.3 Å². The Morgan fingerprint density at radius 1 is 1.33 bits per heavy atom. The Kier molecular flexibility index (Phi) is 4.59. The molecule has 18 heavy (non-hydrogen) atoms. The van der Waals surface area contributed by atoms with Gasteiger partial charge in [-0.2, -0.15) is 0 Å². The molecule has 1 heterocycles. The lowest BCUT2D eigenvalue weighted by atomic mass is 10.1. The molecule has 1 saturated heterocycles. The van der Waals surface area contributed by atoms with E-state index in [-0.39, 0.29) is 11.9 Å². The van der Waals surface area contributed by atoms with Crippen LogP contribution < -0.4 is 10.1 Å². The molecule has 0 saturated carbocycles. The van der Waals surface area contributed by atoms with E-state index >= 15 is 0 Å². The third-order valence-corrected chi connectivity index (χ3v) is 3.07. The standard InChI is InChI=1S/C14H19NO3/c1-17-13-7-5-11(6-8-13)9-18-10-12-3-2-4-14(16)15-12/h5-8,12H,2-4,9-10H2,1H3,(H,15,16). The molecule has 98 valence electrons. The van der Waals surface area contributed by atoms with Gasteiger partial charge in [-0.3, -0.25) is 4.79 Å². The molecule has 0 radical (unpaired) electrons. The Balaban J connectivity index is 1.72. The minimum Gasteiger partial charge on any atom is -0.497 e. The topological polar surface area (TPSA) is 47.6 Å². The Labute approximate surface area is 107 Å². The Hall–Kier alpha value is -1.55. The summed E-state index contributed by atoms with van der Waals surface area (Å²) < 4.78 is 10.7. The van der Waals surface area contributed by atoms with Crippen molar-refractivity contribution in [3.8, 4) is 5.75 Å². The molecule has 1 aliphatic heterocycles. The van der Waals surface area contributed by atoms with Crippen LogP contribution in [0.2, 0.25) is 0 Å². The van der Waals surface area contributed by atoms with Gasteiger partial charge in [0.05, 0.1) is 26.4 Å². The van der Waals surface area contributed by atoms with Gasteiger partial charge in [0.2, 0.25) is 5.91 Å². The maximum Gasteiger partial charge on any atom is 0.220 e. The summed E-state index contributed by atoms with van der Waals surface area (Å²) in [6.45, 7) is 1.15.